The molecular weight excluding hydrogens is 176 g/mol. The molecule has 4 nitrogen and oxygen atoms in total. The molecule has 0 fully saturated rings. The summed E-state index contributed by atoms with van der Waals surface area (Å²) in [5.74, 6) is 0. The summed E-state index contributed by atoms with van der Waals surface area (Å²) in [6.45, 7) is 7.93. The molecule has 4 heteroatoms. The van der Waals surface area contributed by atoms with E-state index in [1.807, 2.05) is 0 Å². The Labute approximate surface area is 85.4 Å². The summed E-state index contributed by atoms with van der Waals surface area (Å²) in [6, 6.07) is 3.58. The predicted octanol–water partition coefficient (Wildman–Crippen LogP) is 0.849. The van der Waals surface area contributed by atoms with E-state index in [4.69, 9.17) is 10.5 Å². The van der Waals surface area contributed by atoms with Crippen LogP contribution in [-0.2, 0) is 0 Å². The van der Waals surface area contributed by atoms with Gasteiger partial charge in [-0.1, -0.05) is 13.8 Å². The molecule has 0 amide bonds. The van der Waals surface area contributed by atoms with Crippen LogP contribution in [0.25, 0.3) is 0 Å². The Hall–Kier alpha value is -1.52. The van der Waals surface area contributed by atoms with Gasteiger partial charge in [0, 0.05) is 19.3 Å². The molecule has 1 N–H and O–H groups in total. The first kappa shape index (κ1) is 12.5. The molecule has 0 rings (SSSR count). The van der Waals surface area contributed by atoms with E-state index in [2.05, 4.69) is 24.1 Å². The lowest BCUT2D eigenvalue weighted by molar-refractivity contribution is 0.307. The van der Waals surface area contributed by atoms with Gasteiger partial charge in [0.2, 0.25) is 0 Å². The highest BCUT2D eigenvalue weighted by molar-refractivity contribution is 5.34. The topological polar surface area (TPSA) is 62.9 Å². The minimum atomic E-state index is 0.115. The van der Waals surface area contributed by atoms with Crippen LogP contribution in [0.5, 0.6) is 0 Å². The minimum Gasteiger partial charge on any atom is -0.388 e. The van der Waals surface area contributed by atoms with Crippen molar-refractivity contribution in [3.8, 4) is 12.1 Å². The lowest BCUT2D eigenvalue weighted by Gasteiger charge is -2.17. The SMILES string of the molecule is CCN(CC)CCNC=C(C#N)C#N. The molecule has 0 saturated carbocycles. The Morgan fingerprint density at radius 1 is 1.29 bits per heavy atom. The number of nitriles is 2. The van der Waals surface area contributed by atoms with Crippen molar-refractivity contribution in [2.24, 2.45) is 0 Å². The van der Waals surface area contributed by atoms with Crippen LogP contribution >= 0.6 is 0 Å². The second kappa shape index (κ2) is 8.10. The molecule has 0 atom stereocenters. The highest BCUT2D eigenvalue weighted by Crippen LogP contribution is 1.86. The first-order valence-electron chi connectivity index (χ1n) is 4.74. The van der Waals surface area contributed by atoms with Gasteiger partial charge in [0.25, 0.3) is 0 Å². The van der Waals surface area contributed by atoms with E-state index in [-0.39, 0.29) is 5.57 Å². The third kappa shape index (κ3) is 5.18. The summed E-state index contributed by atoms with van der Waals surface area (Å²) in [5, 5.41) is 19.8. The summed E-state index contributed by atoms with van der Waals surface area (Å²) in [6.07, 6.45) is 1.46. The van der Waals surface area contributed by atoms with Gasteiger partial charge in [0.1, 0.15) is 17.7 Å². The lowest BCUT2D eigenvalue weighted by atomic mass is 10.3. The summed E-state index contributed by atoms with van der Waals surface area (Å²) in [7, 11) is 0. The average molecular weight is 192 g/mol. The maximum Gasteiger partial charge on any atom is 0.145 e. The predicted molar refractivity (Wildman–Crippen MR) is 55.1 cm³/mol. The van der Waals surface area contributed by atoms with Gasteiger partial charge in [-0.25, -0.2) is 0 Å². The van der Waals surface area contributed by atoms with Gasteiger partial charge in [0.15, 0.2) is 0 Å². The van der Waals surface area contributed by atoms with Crippen LogP contribution < -0.4 is 5.32 Å². The summed E-state index contributed by atoms with van der Waals surface area (Å²) < 4.78 is 0. The molecule has 0 aromatic rings. The number of nitrogens with one attached hydrogen (secondary N) is 1. The van der Waals surface area contributed by atoms with Crippen molar-refractivity contribution >= 4 is 0 Å². The van der Waals surface area contributed by atoms with Crippen LogP contribution in [0.1, 0.15) is 13.8 Å². The quantitative estimate of drug-likeness (QED) is 0.500. The summed E-state index contributed by atoms with van der Waals surface area (Å²) in [4.78, 5) is 2.26. The number of allylic oxidation sites excluding steroid dienone is 1. The highest BCUT2D eigenvalue weighted by atomic mass is 15.1. The molecule has 0 aliphatic carbocycles. The maximum atomic E-state index is 8.44. The molecule has 0 heterocycles. The smallest absolute Gasteiger partial charge is 0.145 e. The number of nitrogens with zero attached hydrogens (tertiary/aromatic N) is 3. The van der Waals surface area contributed by atoms with Gasteiger partial charge >= 0.3 is 0 Å². The van der Waals surface area contributed by atoms with Gasteiger partial charge < -0.3 is 10.2 Å². The first-order valence-corrected chi connectivity index (χ1v) is 4.74. The normalized spacial score (nSPS) is 8.93. The van der Waals surface area contributed by atoms with E-state index in [0.717, 1.165) is 26.2 Å². The number of likely N-dealkylation sites (N-methyl/N-ethyl adjacent to an activating group) is 1. The Morgan fingerprint density at radius 3 is 2.29 bits per heavy atom. The largest absolute Gasteiger partial charge is 0.388 e. The molecule has 0 bridgehead atoms. The molecule has 0 aliphatic heterocycles. The zero-order chi connectivity index (χ0) is 10.8. The van der Waals surface area contributed by atoms with Crippen LogP contribution in [0.15, 0.2) is 11.8 Å². The maximum absolute atomic E-state index is 8.44. The van der Waals surface area contributed by atoms with Crippen molar-refractivity contribution in [1.82, 2.24) is 10.2 Å². The monoisotopic (exact) mass is 192 g/mol. The Morgan fingerprint density at radius 2 is 1.86 bits per heavy atom. The molecule has 0 spiro atoms. The Kier molecular flexibility index (Phi) is 7.22. The molecule has 0 saturated heterocycles. The molecule has 0 radical (unpaired) electrons. The fourth-order valence-electron chi connectivity index (χ4n) is 1.03. The molecule has 0 aromatic heterocycles. The van der Waals surface area contributed by atoms with E-state index in [1.54, 1.807) is 12.1 Å². The molecule has 14 heavy (non-hydrogen) atoms. The highest BCUT2D eigenvalue weighted by Gasteiger charge is 1.96. The van der Waals surface area contributed by atoms with Crippen LogP contribution in [-0.4, -0.2) is 31.1 Å². The molecule has 0 unspecified atom stereocenters. The second-order valence-corrected chi connectivity index (χ2v) is 2.76. The third-order valence-electron chi connectivity index (χ3n) is 1.95. The number of rotatable bonds is 6. The van der Waals surface area contributed by atoms with Crippen molar-refractivity contribution in [3.63, 3.8) is 0 Å². The first-order chi connectivity index (χ1) is 6.78. The van der Waals surface area contributed by atoms with E-state index in [0.29, 0.717) is 0 Å². The average Bonchev–Trinajstić information content (AvgIpc) is 2.24. The van der Waals surface area contributed by atoms with Crippen molar-refractivity contribution < 1.29 is 0 Å². The standard InChI is InChI=1S/C10H16N4/c1-3-14(4-2)6-5-13-9-10(7-11)8-12/h9,13H,3-6H2,1-2H3. The van der Waals surface area contributed by atoms with Crippen LogP contribution in [0.2, 0.25) is 0 Å². The number of hydrogen-bond donors (Lipinski definition) is 1. The Bertz CT molecular complexity index is 236. The fraction of sp³-hybridized carbons (Fsp3) is 0.600. The molecule has 76 valence electrons. The van der Waals surface area contributed by atoms with Crippen molar-refractivity contribution in [2.45, 2.75) is 13.8 Å². The second-order valence-electron chi connectivity index (χ2n) is 2.76. The van der Waals surface area contributed by atoms with E-state index in [1.165, 1.54) is 6.20 Å². The van der Waals surface area contributed by atoms with Crippen molar-refractivity contribution in [1.29, 1.82) is 10.5 Å². The number of hydrogen-bond acceptors (Lipinski definition) is 4. The van der Waals surface area contributed by atoms with Crippen LogP contribution in [0.3, 0.4) is 0 Å². The van der Waals surface area contributed by atoms with Gasteiger partial charge in [0.05, 0.1) is 0 Å². The third-order valence-corrected chi connectivity index (χ3v) is 1.95. The van der Waals surface area contributed by atoms with Gasteiger partial charge in [-0.15, -0.1) is 0 Å². The van der Waals surface area contributed by atoms with Crippen LogP contribution in [0, 0.1) is 22.7 Å². The van der Waals surface area contributed by atoms with E-state index < -0.39 is 0 Å². The Balaban J connectivity index is 3.71. The molecular formula is C10H16N4. The van der Waals surface area contributed by atoms with E-state index >= 15 is 0 Å². The van der Waals surface area contributed by atoms with Gasteiger partial charge in [-0.05, 0) is 13.1 Å². The van der Waals surface area contributed by atoms with Crippen LogP contribution in [0.4, 0.5) is 0 Å². The minimum absolute atomic E-state index is 0.115. The van der Waals surface area contributed by atoms with Gasteiger partial charge in [-0.2, -0.15) is 10.5 Å². The molecule has 0 aromatic carbocycles. The van der Waals surface area contributed by atoms with E-state index in [9.17, 15) is 0 Å². The fourth-order valence-corrected chi connectivity index (χ4v) is 1.03. The van der Waals surface area contributed by atoms with Gasteiger partial charge in [-0.3, -0.25) is 0 Å². The van der Waals surface area contributed by atoms with Crippen molar-refractivity contribution in [2.75, 3.05) is 26.2 Å². The lowest BCUT2D eigenvalue weighted by Crippen LogP contribution is -2.30. The zero-order valence-corrected chi connectivity index (χ0v) is 8.75. The molecule has 0 aliphatic rings. The summed E-state index contributed by atoms with van der Waals surface area (Å²) >= 11 is 0. The van der Waals surface area contributed by atoms with Crippen molar-refractivity contribution in [3.05, 3.63) is 11.8 Å². The summed E-state index contributed by atoms with van der Waals surface area (Å²) in [5.41, 5.74) is 0.115. The zero-order valence-electron chi connectivity index (χ0n) is 8.75.